The normalized spacial score (nSPS) is 12.0. The fourth-order valence-corrected chi connectivity index (χ4v) is 2.52. The molecule has 0 saturated heterocycles. The third kappa shape index (κ3) is 6.23. The van der Waals surface area contributed by atoms with Gasteiger partial charge in [0.15, 0.2) is 0 Å². The Morgan fingerprint density at radius 1 is 1.03 bits per heavy atom. The number of nitrogens with zero attached hydrogens (tertiary/aromatic N) is 2. The highest BCUT2D eigenvalue weighted by molar-refractivity contribution is 5.95. The Morgan fingerprint density at radius 3 is 2.20 bits per heavy atom. The van der Waals surface area contributed by atoms with Crippen LogP contribution < -0.4 is 0 Å². The molecular weight excluding hydrogens is 396 g/mol. The predicted molar refractivity (Wildman–Crippen MR) is 104 cm³/mol. The number of hydrogen-bond donors (Lipinski definition) is 0. The molecule has 0 aliphatic rings. The lowest BCUT2D eigenvalue weighted by atomic mass is 9.98. The zero-order valence-electron chi connectivity index (χ0n) is 15.9. The van der Waals surface area contributed by atoms with Gasteiger partial charge in [-0.05, 0) is 30.7 Å². The maximum Gasteiger partial charge on any atom is 0.374 e. The van der Waals surface area contributed by atoms with Gasteiger partial charge in [-0.25, -0.2) is 9.59 Å². The molecule has 1 atom stereocenters. The Labute approximate surface area is 171 Å². The fraction of sp³-hybridized carbons (Fsp3) is 0.200. The maximum atomic E-state index is 12.3. The Bertz CT molecular complexity index is 955. The van der Waals surface area contributed by atoms with Crippen LogP contribution in [-0.4, -0.2) is 34.9 Å². The molecule has 0 heterocycles. The lowest BCUT2D eigenvalue weighted by Crippen LogP contribution is -2.18. The van der Waals surface area contributed by atoms with Crippen LogP contribution in [0.15, 0.2) is 66.4 Å². The quantitative estimate of drug-likeness (QED) is 0.200. The Kier molecular flexibility index (Phi) is 7.74. The second-order valence-electron chi connectivity index (χ2n) is 5.98. The van der Waals surface area contributed by atoms with Crippen molar-refractivity contribution >= 4 is 17.6 Å². The number of non-ortho nitro benzene ring substituents is 1. The highest BCUT2D eigenvalue weighted by Gasteiger charge is 2.24. The van der Waals surface area contributed by atoms with Crippen LogP contribution in [0.1, 0.15) is 28.8 Å². The molecule has 2 aromatic carbocycles. The third-order valence-corrected chi connectivity index (χ3v) is 3.92. The molecule has 0 aromatic heterocycles. The predicted octanol–water partition coefficient (Wildman–Crippen LogP) is 3.26. The molecule has 0 aliphatic carbocycles. The molecule has 0 aliphatic heterocycles. The molecule has 0 saturated carbocycles. The first-order valence-corrected chi connectivity index (χ1v) is 8.84. The number of carbonyl (C=O) groups excluding carboxylic acids is 2. The first kappa shape index (κ1) is 22.2. The third-order valence-electron chi connectivity index (χ3n) is 3.92. The summed E-state index contributed by atoms with van der Waals surface area (Å²) in [5, 5.41) is 21.9. The van der Waals surface area contributed by atoms with Crippen molar-refractivity contribution in [2.45, 2.75) is 12.8 Å². The van der Waals surface area contributed by atoms with Gasteiger partial charge >= 0.3 is 11.9 Å². The van der Waals surface area contributed by atoms with Crippen LogP contribution in [0, 0.1) is 20.2 Å². The summed E-state index contributed by atoms with van der Waals surface area (Å²) >= 11 is 0. The molecule has 10 nitrogen and oxygen atoms in total. The number of carbonyl (C=O) groups is 2. The molecular formula is C20H18N2O8. The zero-order chi connectivity index (χ0) is 22.1. The molecule has 0 fully saturated rings. The summed E-state index contributed by atoms with van der Waals surface area (Å²) < 4.78 is 10.1. The van der Waals surface area contributed by atoms with E-state index in [2.05, 4.69) is 0 Å². The van der Waals surface area contributed by atoms with E-state index in [-0.39, 0.29) is 17.9 Å². The number of hydrogen-bond acceptors (Lipinski definition) is 8. The molecule has 156 valence electrons. The smallest absolute Gasteiger partial charge is 0.374 e. The largest absolute Gasteiger partial charge is 0.460 e. The molecule has 0 radical (unpaired) electrons. The SMILES string of the molecule is CCOC(=O)/C(=C/[C@@H](C[N+](=O)[O-])c1ccc([N+](=O)[O-])cc1)OC(=O)c1ccccc1. The molecule has 2 aromatic rings. The van der Waals surface area contributed by atoms with Crippen molar-refractivity contribution in [3.05, 3.63) is 97.8 Å². The highest BCUT2D eigenvalue weighted by Crippen LogP contribution is 2.23. The number of benzene rings is 2. The van der Waals surface area contributed by atoms with Gasteiger partial charge < -0.3 is 9.47 Å². The molecule has 0 spiro atoms. The van der Waals surface area contributed by atoms with Crippen molar-refractivity contribution < 1.29 is 28.9 Å². The summed E-state index contributed by atoms with van der Waals surface area (Å²) in [6, 6.07) is 12.9. The van der Waals surface area contributed by atoms with E-state index in [0.717, 1.165) is 6.08 Å². The van der Waals surface area contributed by atoms with Crippen LogP contribution in [0.2, 0.25) is 0 Å². The lowest BCUT2D eigenvalue weighted by molar-refractivity contribution is -0.481. The average Bonchev–Trinajstić information content (AvgIpc) is 2.73. The van der Waals surface area contributed by atoms with E-state index < -0.39 is 40.0 Å². The van der Waals surface area contributed by atoms with E-state index in [1.54, 1.807) is 25.1 Å². The van der Waals surface area contributed by atoms with Crippen molar-refractivity contribution in [1.29, 1.82) is 0 Å². The molecule has 0 N–H and O–H groups in total. The molecule has 0 unspecified atom stereocenters. The Hall–Kier alpha value is -4.08. The van der Waals surface area contributed by atoms with Gasteiger partial charge in [0.25, 0.3) is 5.69 Å². The van der Waals surface area contributed by atoms with Gasteiger partial charge in [-0.2, -0.15) is 0 Å². The minimum absolute atomic E-state index is 0.00348. The van der Waals surface area contributed by atoms with E-state index in [4.69, 9.17) is 9.47 Å². The van der Waals surface area contributed by atoms with E-state index in [1.165, 1.54) is 36.4 Å². The van der Waals surface area contributed by atoms with Gasteiger partial charge in [-0.1, -0.05) is 30.3 Å². The molecule has 10 heteroatoms. The Morgan fingerprint density at radius 2 is 1.67 bits per heavy atom. The monoisotopic (exact) mass is 414 g/mol. The van der Waals surface area contributed by atoms with Gasteiger partial charge in [0.1, 0.15) is 0 Å². The first-order chi connectivity index (χ1) is 14.3. The highest BCUT2D eigenvalue weighted by atomic mass is 16.6. The average molecular weight is 414 g/mol. The van der Waals surface area contributed by atoms with E-state index in [0.29, 0.717) is 5.56 Å². The minimum atomic E-state index is -0.996. The van der Waals surface area contributed by atoms with E-state index in [9.17, 15) is 29.8 Å². The number of ether oxygens (including phenoxy) is 2. The molecule has 0 bridgehead atoms. The standard InChI is InChI=1S/C20H18N2O8/c1-2-29-20(24)18(30-19(23)15-6-4-3-5-7-15)12-16(13-21(25)26)14-8-10-17(11-9-14)22(27)28/h3-12,16H,2,13H2,1H3/b18-12-/t16-/m0/s1. The van der Waals surface area contributed by atoms with Gasteiger partial charge in [0.2, 0.25) is 12.3 Å². The maximum absolute atomic E-state index is 12.3. The van der Waals surface area contributed by atoms with Crippen molar-refractivity contribution in [3.63, 3.8) is 0 Å². The summed E-state index contributed by atoms with van der Waals surface area (Å²) in [6.45, 7) is 0.916. The second kappa shape index (κ2) is 10.5. The van der Waals surface area contributed by atoms with Crippen molar-refractivity contribution in [2.24, 2.45) is 0 Å². The van der Waals surface area contributed by atoms with Gasteiger partial charge in [-0.15, -0.1) is 0 Å². The van der Waals surface area contributed by atoms with Crippen LogP contribution in [0.3, 0.4) is 0 Å². The van der Waals surface area contributed by atoms with Gasteiger partial charge in [0.05, 0.1) is 23.0 Å². The van der Waals surface area contributed by atoms with Crippen molar-refractivity contribution in [1.82, 2.24) is 0 Å². The van der Waals surface area contributed by atoms with E-state index >= 15 is 0 Å². The number of nitro benzene ring substituents is 1. The van der Waals surface area contributed by atoms with Crippen molar-refractivity contribution in [2.75, 3.05) is 13.2 Å². The topological polar surface area (TPSA) is 139 Å². The second-order valence-corrected chi connectivity index (χ2v) is 5.98. The van der Waals surface area contributed by atoms with Crippen LogP contribution in [0.5, 0.6) is 0 Å². The van der Waals surface area contributed by atoms with Gasteiger partial charge in [-0.3, -0.25) is 20.2 Å². The van der Waals surface area contributed by atoms with Gasteiger partial charge in [0, 0.05) is 17.1 Å². The summed E-state index contributed by atoms with van der Waals surface area (Å²) in [4.78, 5) is 45.4. The summed E-state index contributed by atoms with van der Waals surface area (Å²) in [7, 11) is 0. The van der Waals surface area contributed by atoms with E-state index in [1.807, 2.05) is 0 Å². The molecule has 2 rings (SSSR count). The summed E-state index contributed by atoms with van der Waals surface area (Å²) in [5.74, 6) is -3.30. The summed E-state index contributed by atoms with van der Waals surface area (Å²) in [6.07, 6.45) is 1.11. The minimum Gasteiger partial charge on any atom is -0.460 e. The van der Waals surface area contributed by atoms with Crippen LogP contribution >= 0.6 is 0 Å². The number of esters is 2. The zero-order valence-corrected chi connectivity index (χ0v) is 15.9. The number of nitro groups is 2. The van der Waals surface area contributed by atoms with Crippen LogP contribution in [-0.2, 0) is 14.3 Å². The lowest BCUT2D eigenvalue weighted by Gasteiger charge is -2.13. The Balaban J connectivity index is 2.40. The summed E-state index contributed by atoms with van der Waals surface area (Å²) in [5.41, 5.74) is 0.312. The van der Waals surface area contributed by atoms with Crippen LogP contribution in [0.4, 0.5) is 5.69 Å². The fourth-order valence-electron chi connectivity index (χ4n) is 2.52. The molecule has 30 heavy (non-hydrogen) atoms. The first-order valence-electron chi connectivity index (χ1n) is 8.84. The number of rotatable bonds is 9. The van der Waals surface area contributed by atoms with Crippen LogP contribution in [0.25, 0.3) is 0 Å². The van der Waals surface area contributed by atoms with Crippen molar-refractivity contribution in [3.8, 4) is 0 Å². The molecule has 0 amide bonds.